The summed E-state index contributed by atoms with van der Waals surface area (Å²) in [5.41, 5.74) is 0. The van der Waals surface area contributed by atoms with Crippen molar-refractivity contribution in [3.8, 4) is 0 Å². The molecule has 2 fully saturated rings. The first-order valence-corrected chi connectivity index (χ1v) is 7.75. The van der Waals surface area contributed by atoms with Crippen molar-refractivity contribution in [1.29, 1.82) is 0 Å². The Hall–Kier alpha value is -1.10. The number of piperidine rings is 2. The molecule has 0 aliphatic carbocycles. The van der Waals surface area contributed by atoms with E-state index in [2.05, 4.69) is 6.92 Å². The van der Waals surface area contributed by atoms with Crippen LogP contribution in [0.15, 0.2) is 0 Å². The fourth-order valence-electron chi connectivity index (χ4n) is 3.32. The zero-order valence-electron chi connectivity index (χ0n) is 12.6. The number of hydrogen-bond acceptors (Lipinski definition) is 4. The van der Waals surface area contributed by atoms with Crippen LogP contribution in [-0.4, -0.2) is 60.5 Å². The van der Waals surface area contributed by atoms with Gasteiger partial charge in [-0.15, -0.1) is 0 Å². The number of esters is 1. The third kappa shape index (κ3) is 3.51. The molecule has 2 unspecified atom stereocenters. The number of hydrogen-bond donors (Lipinski definition) is 0. The Balaban J connectivity index is 1.95. The highest BCUT2D eigenvalue weighted by molar-refractivity contribution is 5.81. The average Bonchev–Trinajstić information content (AvgIpc) is 2.47. The van der Waals surface area contributed by atoms with Crippen LogP contribution in [0, 0.1) is 0 Å². The smallest absolute Gasteiger partial charge is 0.323 e. The molecule has 2 rings (SSSR count). The maximum Gasteiger partial charge on any atom is 0.323 e. The van der Waals surface area contributed by atoms with E-state index < -0.39 is 0 Å². The normalized spacial score (nSPS) is 28.2. The van der Waals surface area contributed by atoms with E-state index in [9.17, 15) is 9.59 Å². The van der Waals surface area contributed by atoms with Crippen molar-refractivity contribution >= 4 is 11.9 Å². The molecule has 0 aromatic carbocycles. The molecule has 114 valence electrons. The highest BCUT2D eigenvalue weighted by atomic mass is 16.5. The summed E-state index contributed by atoms with van der Waals surface area (Å²) >= 11 is 0. The summed E-state index contributed by atoms with van der Waals surface area (Å²) in [6.07, 6.45) is 6.28. The Labute approximate surface area is 121 Å². The van der Waals surface area contributed by atoms with Crippen LogP contribution in [0.4, 0.5) is 0 Å². The van der Waals surface area contributed by atoms with Crippen LogP contribution in [0.5, 0.6) is 0 Å². The zero-order valence-corrected chi connectivity index (χ0v) is 12.6. The van der Waals surface area contributed by atoms with Crippen LogP contribution in [0.25, 0.3) is 0 Å². The molecule has 5 nitrogen and oxygen atoms in total. The molecule has 0 aromatic rings. The van der Waals surface area contributed by atoms with Crippen LogP contribution < -0.4 is 0 Å². The molecule has 0 N–H and O–H groups in total. The molecule has 0 aromatic heterocycles. The van der Waals surface area contributed by atoms with E-state index >= 15 is 0 Å². The van der Waals surface area contributed by atoms with Crippen LogP contribution >= 0.6 is 0 Å². The van der Waals surface area contributed by atoms with Gasteiger partial charge in [0.2, 0.25) is 5.91 Å². The first-order valence-electron chi connectivity index (χ1n) is 7.75. The third-order valence-electron chi connectivity index (χ3n) is 4.55. The number of carbonyl (C=O) groups excluding carboxylic acids is 2. The maximum atomic E-state index is 12.5. The predicted octanol–water partition coefficient (Wildman–Crippen LogP) is 1.41. The second-order valence-corrected chi connectivity index (χ2v) is 5.94. The minimum Gasteiger partial charge on any atom is -0.468 e. The van der Waals surface area contributed by atoms with Gasteiger partial charge in [-0.05, 0) is 45.6 Å². The van der Waals surface area contributed by atoms with E-state index in [0.717, 1.165) is 45.2 Å². The number of nitrogens with zero attached hydrogens (tertiary/aromatic N) is 2. The van der Waals surface area contributed by atoms with E-state index in [4.69, 9.17) is 4.74 Å². The van der Waals surface area contributed by atoms with Gasteiger partial charge in [-0.1, -0.05) is 6.42 Å². The summed E-state index contributed by atoms with van der Waals surface area (Å²) in [6, 6.07) is 0.0930. The first kappa shape index (κ1) is 15.3. The number of amides is 1. The Bertz CT molecular complexity index is 359. The largest absolute Gasteiger partial charge is 0.468 e. The number of carbonyl (C=O) groups is 2. The SMILES string of the molecule is COC(=O)C1CCCCN1CC(=O)N1CCCCC1C. The number of methoxy groups -OCH3 is 1. The predicted molar refractivity (Wildman–Crippen MR) is 76.3 cm³/mol. The van der Waals surface area contributed by atoms with Gasteiger partial charge in [-0.3, -0.25) is 14.5 Å². The van der Waals surface area contributed by atoms with Gasteiger partial charge in [-0.25, -0.2) is 0 Å². The second kappa shape index (κ2) is 7.07. The molecule has 2 saturated heterocycles. The Morgan fingerprint density at radius 1 is 1.10 bits per heavy atom. The van der Waals surface area contributed by atoms with Crippen molar-refractivity contribution in [2.45, 2.75) is 57.5 Å². The van der Waals surface area contributed by atoms with E-state index in [1.165, 1.54) is 13.5 Å². The molecule has 2 atom stereocenters. The lowest BCUT2D eigenvalue weighted by Gasteiger charge is -2.38. The van der Waals surface area contributed by atoms with E-state index in [1.807, 2.05) is 9.80 Å². The van der Waals surface area contributed by atoms with Gasteiger partial charge >= 0.3 is 5.97 Å². The lowest BCUT2D eigenvalue weighted by Crippen LogP contribution is -2.52. The topological polar surface area (TPSA) is 49.9 Å². The van der Waals surface area contributed by atoms with Crippen molar-refractivity contribution in [1.82, 2.24) is 9.80 Å². The molecule has 0 radical (unpaired) electrons. The molecule has 2 heterocycles. The Kier molecular flexibility index (Phi) is 5.40. The Morgan fingerprint density at radius 2 is 1.80 bits per heavy atom. The molecule has 0 spiro atoms. The van der Waals surface area contributed by atoms with Gasteiger partial charge in [0.25, 0.3) is 0 Å². The van der Waals surface area contributed by atoms with Gasteiger partial charge < -0.3 is 9.64 Å². The molecular formula is C15H26N2O3. The average molecular weight is 282 g/mol. The minimum absolute atomic E-state index is 0.160. The van der Waals surface area contributed by atoms with Crippen LogP contribution in [-0.2, 0) is 14.3 Å². The lowest BCUT2D eigenvalue weighted by atomic mass is 10.0. The fourth-order valence-corrected chi connectivity index (χ4v) is 3.32. The molecule has 2 aliphatic heterocycles. The summed E-state index contributed by atoms with van der Waals surface area (Å²) in [5.74, 6) is -0.0443. The second-order valence-electron chi connectivity index (χ2n) is 5.94. The van der Waals surface area contributed by atoms with E-state index in [0.29, 0.717) is 12.6 Å². The molecule has 20 heavy (non-hydrogen) atoms. The molecular weight excluding hydrogens is 256 g/mol. The van der Waals surface area contributed by atoms with Gasteiger partial charge in [0.15, 0.2) is 0 Å². The van der Waals surface area contributed by atoms with E-state index in [1.54, 1.807) is 0 Å². The fraction of sp³-hybridized carbons (Fsp3) is 0.867. The standard InChI is InChI=1S/C15H26N2O3/c1-12-7-3-6-10-17(12)14(18)11-16-9-5-4-8-13(16)15(19)20-2/h12-13H,3-11H2,1-2H3. The van der Waals surface area contributed by atoms with Crippen molar-refractivity contribution in [3.63, 3.8) is 0 Å². The van der Waals surface area contributed by atoms with Crippen LogP contribution in [0.1, 0.15) is 45.4 Å². The summed E-state index contributed by atoms with van der Waals surface area (Å²) in [5, 5.41) is 0. The number of likely N-dealkylation sites (tertiary alicyclic amines) is 2. The van der Waals surface area contributed by atoms with Crippen molar-refractivity contribution < 1.29 is 14.3 Å². The summed E-state index contributed by atoms with van der Waals surface area (Å²) < 4.78 is 4.86. The monoisotopic (exact) mass is 282 g/mol. The van der Waals surface area contributed by atoms with Crippen LogP contribution in [0.2, 0.25) is 0 Å². The van der Waals surface area contributed by atoms with Gasteiger partial charge in [0, 0.05) is 12.6 Å². The lowest BCUT2D eigenvalue weighted by molar-refractivity contribution is -0.150. The highest BCUT2D eigenvalue weighted by Crippen LogP contribution is 2.20. The van der Waals surface area contributed by atoms with Gasteiger partial charge in [-0.2, -0.15) is 0 Å². The Morgan fingerprint density at radius 3 is 2.50 bits per heavy atom. The summed E-state index contributed by atoms with van der Waals surface area (Å²) in [7, 11) is 1.42. The van der Waals surface area contributed by atoms with Gasteiger partial charge in [0.1, 0.15) is 6.04 Å². The zero-order chi connectivity index (χ0) is 14.5. The van der Waals surface area contributed by atoms with Crippen molar-refractivity contribution in [3.05, 3.63) is 0 Å². The first-order chi connectivity index (χ1) is 9.63. The number of ether oxygens (including phenoxy) is 1. The highest BCUT2D eigenvalue weighted by Gasteiger charge is 2.32. The van der Waals surface area contributed by atoms with Crippen molar-refractivity contribution in [2.75, 3.05) is 26.7 Å². The summed E-state index contributed by atoms with van der Waals surface area (Å²) in [4.78, 5) is 28.3. The molecule has 2 aliphatic rings. The number of rotatable bonds is 3. The van der Waals surface area contributed by atoms with Crippen molar-refractivity contribution in [2.24, 2.45) is 0 Å². The molecule has 0 saturated carbocycles. The summed E-state index contributed by atoms with van der Waals surface area (Å²) in [6.45, 7) is 4.14. The maximum absolute atomic E-state index is 12.5. The minimum atomic E-state index is -0.238. The molecule has 5 heteroatoms. The third-order valence-corrected chi connectivity index (χ3v) is 4.55. The molecule has 1 amide bonds. The quantitative estimate of drug-likeness (QED) is 0.735. The van der Waals surface area contributed by atoms with Gasteiger partial charge in [0.05, 0.1) is 13.7 Å². The molecule has 0 bridgehead atoms. The van der Waals surface area contributed by atoms with E-state index in [-0.39, 0.29) is 17.9 Å². The van der Waals surface area contributed by atoms with Crippen LogP contribution in [0.3, 0.4) is 0 Å².